The van der Waals surface area contributed by atoms with Crippen molar-refractivity contribution in [2.75, 3.05) is 5.43 Å². The Hall–Kier alpha value is -2.23. The Morgan fingerprint density at radius 2 is 1.71 bits per heavy atom. The van der Waals surface area contributed by atoms with Crippen LogP contribution in [0.4, 0.5) is 14.5 Å². The average Bonchev–Trinajstić information content (AvgIpc) is 2.32. The lowest BCUT2D eigenvalue weighted by Crippen LogP contribution is -1.91. The van der Waals surface area contributed by atoms with Gasteiger partial charge >= 0.3 is 0 Å². The lowest BCUT2D eigenvalue weighted by Gasteiger charge is -1.99. The Morgan fingerprint density at radius 1 is 0.941 bits per heavy atom. The molecule has 2 aromatic rings. The van der Waals surface area contributed by atoms with E-state index in [-0.39, 0.29) is 11.6 Å². The van der Waals surface area contributed by atoms with Gasteiger partial charge in [0.1, 0.15) is 11.6 Å². The third-order valence-electron chi connectivity index (χ3n) is 2.10. The second kappa shape index (κ2) is 5.21. The second-order valence-corrected chi connectivity index (χ2v) is 3.43. The number of benzene rings is 2. The van der Waals surface area contributed by atoms with Crippen LogP contribution in [0.5, 0.6) is 0 Å². The Morgan fingerprint density at radius 3 is 2.41 bits per heavy atom. The van der Waals surface area contributed by atoms with E-state index in [1.54, 1.807) is 24.3 Å². The van der Waals surface area contributed by atoms with Crippen molar-refractivity contribution in [2.45, 2.75) is 0 Å². The van der Waals surface area contributed by atoms with Crippen molar-refractivity contribution in [2.24, 2.45) is 5.10 Å². The van der Waals surface area contributed by atoms with Gasteiger partial charge in [-0.2, -0.15) is 5.10 Å². The first kappa shape index (κ1) is 11.3. The quantitative estimate of drug-likeness (QED) is 0.636. The van der Waals surface area contributed by atoms with Crippen LogP contribution in [-0.2, 0) is 0 Å². The summed E-state index contributed by atoms with van der Waals surface area (Å²) in [6, 6.07) is 11.9. The van der Waals surface area contributed by atoms with Gasteiger partial charge in [0.15, 0.2) is 0 Å². The minimum Gasteiger partial charge on any atom is -0.279 e. The summed E-state index contributed by atoms with van der Waals surface area (Å²) in [5.41, 5.74) is 4.04. The van der Waals surface area contributed by atoms with Gasteiger partial charge in [0.2, 0.25) is 0 Å². The summed E-state index contributed by atoms with van der Waals surface area (Å²) in [4.78, 5) is 0. The van der Waals surface area contributed by atoms with Gasteiger partial charge in [-0.15, -0.1) is 0 Å². The van der Waals surface area contributed by atoms with Gasteiger partial charge < -0.3 is 0 Å². The highest BCUT2D eigenvalue weighted by Crippen LogP contribution is 2.08. The van der Waals surface area contributed by atoms with Crippen molar-refractivity contribution < 1.29 is 8.78 Å². The van der Waals surface area contributed by atoms with Crippen molar-refractivity contribution in [3.05, 3.63) is 65.7 Å². The van der Waals surface area contributed by atoms with Crippen LogP contribution in [0.3, 0.4) is 0 Å². The molecule has 86 valence electrons. The molecule has 0 amide bonds. The first-order valence-electron chi connectivity index (χ1n) is 5.04. The number of rotatable bonds is 3. The zero-order valence-electron chi connectivity index (χ0n) is 8.90. The molecule has 0 saturated carbocycles. The maximum atomic E-state index is 12.8. The van der Waals surface area contributed by atoms with Gasteiger partial charge in [0, 0.05) is 0 Å². The van der Waals surface area contributed by atoms with Crippen molar-refractivity contribution in [1.29, 1.82) is 0 Å². The fraction of sp³-hybridized carbons (Fsp3) is 0. The van der Waals surface area contributed by atoms with Crippen LogP contribution in [0.2, 0.25) is 0 Å². The van der Waals surface area contributed by atoms with Crippen molar-refractivity contribution in [1.82, 2.24) is 0 Å². The topological polar surface area (TPSA) is 24.4 Å². The second-order valence-electron chi connectivity index (χ2n) is 3.43. The molecule has 0 atom stereocenters. The van der Waals surface area contributed by atoms with Crippen LogP contribution in [0, 0.1) is 11.6 Å². The molecule has 0 aliphatic heterocycles. The molecule has 2 nitrogen and oxygen atoms in total. The molecule has 0 heterocycles. The zero-order chi connectivity index (χ0) is 12.1. The number of hydrazone groups is 1. The molecule has 0 radical (unpaired) electrons. The number of anilines is 1. The minimum absolute atomic E-state index is 0.301. The van der Waals surface area contributed by atoms with Crippen LogP contribution < -0.4 is 5.43 Å². The number of nitrogens with one attached hydrogen (secondary N) is 1. The van der Waals surface area contributed by atoms with Gasteiger partial charge in [0.25, 0.3) is 0 Å². The van der Waals surface area contributed by atoms with Gasteiger partial charge in [-0.1, -0.05) is 12.1 Å². The van der Waals surface area contributed by atoms with Crippen LogP contribution >= 0.6 is 0 Å². The van der Waals surface area contributed by atoms with Crippen molar-refractivity contribution >= 4 is 11.9 Å². The summed E-state index contributed by atoms with van der Waals surface area (Å²) in [5.74, 6) is -0.611. The van der Waals surface area contributed by atoms with Crippen LogP contribution in [0.25, 0.3) is 0 Å². The summed E-state index contributed by atoms with van der Waals surface area (Å²) in [7, 11) is 0. The van der Waals surface area contributed by atoms with E-state index in [9.17, 15) is 8.78 Å². The number of nitrogens with zero attached hydrogens (tertiary/aromatic N) is 1. The first-order valence-corrected chi connectivity index (χ1v) is 5.04. The predicted molar refractivity (Wildman–Crippen MR) is 64.0 cm³/mol. The van der Waals surface area contributed by atoms with E-state index >= 15 is 0 Å². The lowest BCUT2D eigenvalue weighted by molar-refractivity contribution is 0.627. The molecule has 0 fully saturated rings. The molecule has 0 saturated heterocycles. The highest BCUT2D eigenvalue weighted by Gasteiger charge is 1.92. The van der Waals surface area contributed by atoms with E-state index in [0.717, 1.165) is 0 Å². The van der Waals surface area contributed by atoms with Gasteiger partial charge in [0.05, 0.1) is 11.9 Å². The number of halogens is 2. The molecule has 2 rings (SSSR count). The molecule has 4 heteroatoms. The molecule has 17 heavy (non-hydrogen) atoms. The number of hydrogen-bond acceptors (Lipinski definition) is 2. The molecule has 0 bridgehead atoms. The van der Waals surface area contributed by atoms with Gasteiger partial charge in [-0.05, 0) is 42.0 Å². The lowest BCUT2D eigenvalue weighted by atomic mass is 10.2. The van der Waals surface area contributed by atoms with E-state index in [4.69, 9.17) is 0 Å². The third-order valence-corrected chi connectivity index (χ3v) is 2.10. The van der Waals surface area contributed by atoms with Gasteiger partial charge in [-0.25, -0.2) is 8.78 Å². The first-order chi connectivity index (χ1) is 8.24. The summed E-state index contributed by atoms with van der Waals surface area (Å²) in [6.45, 7) is 0. The van der Waals surface area contributed by atoms with E-state index in [1.165, 1.54) is 30.5 Å². The standard InChI is InChI=1S/C13H10F2N2/c14-11-4-6-13(7-5-11)17-16-9-10-2-1-3-12(15)8-10/h1-9,17H/b16-9-. The average molecular weight is 232 g/mol. The summed E-state index contributed by atoms with van der Waals surface area (Å²) in [6.07, 6.45) is 1.49. The molecule has 0 aromatic heterocycles. The van der Waals surface area contributed by atoms with Crippen molar-refractivity contribution in [3.8, 4) is 0 Å². The van der Waals surface area contributed by atoms with Gasteiger partial charge in [-0.3, -0.25) is 5.43 Å². The maximum absolute atomic E-state index is 12.8. The Labute approximate surface area is 97.6 Å². The fourth-order valence-electron chi connectivity index (χ4n) is 1.29. The smallest absolute Gasteiger partial charge is 0.123 e. The molecule has 0 aliphatic rings. The van der Waals surface area contributed by atoms with Crippen molar-refractivity contribution in [3.63, 3.8) is 0 Å². The molecule has 1 N–H and O–H groups in total. The van der Waals surface area contributed by atoms with Crippen LogP contribution in [0.15, 0.2) is 53.6 Å². The molecule has 0 spiro atoms. The number of hydrogen-bond donors (Lipinski definition) is 1. The molecular weight excluding hydrogens is 222 g/mol. The van der Waals surface area contributed by atoms with E-state index in [1.807, 2.05) is 0 Å². The monoisotopic (exact) mass is 232 g/mol. The molecular formula is C13H10F2N2. The molecule has 0 aliphatic carbocycles. The minimum atomic E-state index is -0.310. The fourth-order valence-corrected chi connectivity index (χ4v) is 1.29. The van der Waals surface area contributed by atoms with Crippen LogP contribution in [-0.4, -0.2) is 6.21 Å². The molecule has 0 unspecified atom stereocenters. The largest absolute Gasteiger partial charge is 0.279 e. The van der Waals surface area contributed by atoms with Crippen LogP contribution in [0.1, 0.15) is 5.56 Å². The van der Waals surface area contributed by atoms with E-state index in [0.29, 0.717) is 11.3 Å². The Kier molecular flexibility index (Phi) is 3.45. The predicted octanol–water partition coefficient (Wildman–Crippen LogP) is 3.41. The highest BCUT2D eigenvalue weighted by molar-refractivity contribution is 5.80. The maximum Gasteiger partial charge on any atom is 0.123 e. The zero-order valence-corrected chi connectivity index (χ0v) is 8.90. The summed E-state index contributed by atoms with van der Waals surface area (Å²) < 4.78 is 25.4. The highest BCUT2D eigenvalue weighted by atomic mass is 19.1. The summed E-state index contributed by atoms with van der Waals surface area (Å²) >= 11 is 0. The van der Waals surface area contributed by atoms with E-state index in [2.05, 4.69) is 10.5 Å². The molecule has 2 aromatic carbocycles. The normalized spacial score (nSPS) is 10.7. The summed E-state index contributed by atoms with van der Waals surface area (Å²) in [5, 5.41) is 3.92. The Bertz CT molecular complexity index is 521. The Balaban J connectivity index is 2.00. The third kappa shape index (κ3) is 3.38. The SMILES string of the molecule is Fc1ccc(N/N=C\c2cccc(F)c2)cc1. The van der Waals surface area contributed by atoms with E-state index < -0.39 is 0 Å².